The zero-order chi connectivity index (χ0) is 12.0. The summed E-state index contributed by atoms with van der Waals surface area (Å²) in [5, 5.41) is 0. The molecule has 1 aromatic carbocycles. The summed E-state index contributed by atoms with van der Waals surface area (Å²) in [6.45, 7) is 2.28. The standard InChI is InChI=1S/C12H14I.2CH3.Al/c1-10(2)6-5-8-11-7-3-4-9-12(11)13;;;/h1,3-4,7,9H,5-6,8H2,2H3;2*1H3;. The molecule has 0 fully saturated rings. The maximum absolute atomic E-state index is 2.51. The van der Waals surface area contributed by atoms with E-state index < -0.39 is 14.1 Å². The lowest BCUT2D eigenvalue weighted by molar-refractivity contribution is 0.810. The third-order valence-electron chi connectivity index (χ3n) is 2.59. The molecule has 0 nitrogen and oxygen atoms in total. The van der Waals surface area contributed by atoms with Crippen LogP contribution in [0, 0.1) is 3.57 Å². The Balaban J connectivity index is 2.39. The van der Waals surface area contributed by atoms with Crippen LogP contribution in [-0.4, -0.2) is 14.1 Å². The molecule has 0 saturated carbocycles. The molecule has 0 saturated heterocycles. The highest BCUT2D eigenvalue weighted by Crippen LogP contribution is 2.15. The molecule has 0 bridgehead atoms. The van der Waals surface area contributed by atoms with Crippen LogP contribution in [0.1, 0.15) is 25.3 Å². The van der Waals surface area contributed by atoms with Gasteiger partial charge in [-0.25, -0.2) is 0 Å². The lowest BCUT2D eigenvalue weighted by atomic mass is 10.1. The topological polar surface area (TPSA) is 0 Å². The Morgan fingerprint density at radius 2 is 2.00 bits per heavy atom. The van der Waals surface area contributed by atoms with E-state index in [2.05, 4.69) is 70.3 Å². The van der Waals surface area contributed by atoms with Gasteiger partial charge in [-0.15, -0.1) is 16.5 Å². The molecule has 0 heterocycles. The fourth-order valence-electron chi connectivity index (χ4n) is 1.91. The molecule has 16 heavy (non-hydrogen) atoms. The zero-order valence-corrected chi connectivity index (χ0v) is 13.8. The number of rotatable bonds is 5. The van der Waals surface area contributed by atoms with Crippen LogP contribution < -0.4 is 0 Å². The van der Waals surface area contributed by atoms with Gasteiger partial charge in [0.1, 0.15) is 0 Å². The molecule has 86 valence electrons. The minimum atomic E-state index is -0.518. The van der Waals surface area contributed by atoms with Gasteiger partial charge in [0, 0.05) is 3.57 Å². The largest absolute Gasteiger partial charge is 0.288 e. The van der Waals surface area contributed by atoms with Crippen LogP contribution in [0.15, 0.2) is 34.8 Å². The zero-order valence-electron chi connectivity index (χ0n) is 10.5. The number of allylic oxidation sites excluding steroid dienone is 1. The van der Waals surface area contributed by atoms with Gasteiger partial charge < -0.3 is 0 Å². The Bertz CT molecular complexity index is 356. The van der Waals surface area contributed by atoms with Crippen molar-refractivity contribution >= 4 is 36.7 Å². The Labute approximate surface area is 118 Å². The van der Waals surface area contributed by atoms with Crippen LogP contribution in [0.5, 0.6) is 0 Å². The van der Waals surface area contributed by atoms with Crippen molar-refractivity contribution in [2.24, 2.45) is 0 Å². The fourth-order valence-corrected chi connectivity index (χ4v) is 3.87. The quantitative estimate of drug-likeness (QED) is 0.530. The van der Waals surface area contributed by atoms with Gasteiger partial charge in [-0.1, -0.05) is 23.8 Å². The van der Waals surface area contributed by atoms with Crippen LogP contribution in [0.4, 0.5) is 0 Å². The van der Waals surface area contributed by atoms with E-state index in [1.54, 1.807) is 5.57 Å². The number of hydrogen-bond acceptors (Lipinski definition) is 0. The number of aryl methyl sites for hydroxylation is 1. The molecule has 1 rings (SSSR count). The summed E-state index contributed by atoms with van der Waals surface area (Å²) in [6, 6.07) is 8.69. The van der Waals surface area contributed by atoms with Gasteiger partial charge in [0.15, 0.2) is 0 Å². The summed E-state index contributed by atoms with van der Waals surface area (Å²) in [5.74, 6) is 4.76. The van der Waals surface area contributed by atoms with E-state index in [1.807, 2.05) is 0 Å². The smallest absolute Gasteiger partial charge is 0.146 e. The summed E-state index contributed by atoms with van der Waals surface area (Å²) in [4.78, 5) is 2.51. The number of hydrogen-bond donors (Lipinski definition) is 0. The van der Waals surface area contributed by atoms with E-state index in [4.69, 9.17) is 0 Å². The maximum atomic E-state index is 2.51. The van der Waals surface area contributed by atoms with Gasteiger partial charge in [0.25, 0.3) is 14.1 Å². The molecule has 0 N–H and O–H groups in total. The Morgan fingerprint density at radius 3 is 2.62 bits per heavy atom. The van der Waals surface area contributed by atoms with Crippen molar-refractivity contribution in [2.75, 3.05) is 0 Å². The first-order valence-corrected chi connectivity index (χ1v) is 10.1. The highest BCUT2D eigenvalue weighted by atomic mass is 127. The van der Waals surface area contributed by atoms with Crippen LogP contribution in [0.2, 0.25) is 11.6 Å². The molecule has 0 radical (unpaired) electrons. The summed E-state index contributed by atoms with van der Waals surface area (Å²) in [7, 11) is 0. The first kappa shape index (κ1) is 14.3. The van der Waals surface area contributed by atoms with Crippen LogP contribution in [0.3, 0.4) is 0 Å². The molecule has 0 spiro atoms. The van der Waals surface area contributed by atoms with Gasteiger partial charge in [0.05, 0.1) is 0 Å². The van der Waals surface area contributed by atoms with Gasteiger partial charge >= 0.3 is 0 Å². The molecule has 2 heteroatoms. The normalized spacial score (nSPS) is 11.6. The van der Waals surface area contributed by atoms with E-state index in [9.17, 15) is 0 Å². The van der Waals surface area contributed by atoms with Gasteiger partial charge in [-0.3, -0.25) is 0 Å². The van der Waals surface area contributed by atoms with E-state index >= 15 is 0 Å². The molecule has 0 aromatic heterocycles. The summed E-state index contributed by atoms with van der Waals surface area (Å²) in [5.41, 5.74) is 3.09. The van der Waals surface area contributed by atoms with E-state index in [1.165, 1.54) is 28.4 Å². The molecule has 0 unspecified atom stereocenters. The first-order valence-electron chi connectivity index (χ1n) is 6.00. The molecule has 0 aliphatic carbocycles. The second-order valence-corrected chi connectivity index (χ2v) is 8.69. The van der Waals surface area contributed by atoms with Crippen molar-refractivity contribution in [1.82, 2.24) is 0 Å². The molecule has 0 aliphatic rings. The minimum Gasteiger partial charge on any atom is -0.146 e. The van der Waals surface area contributed by atoms with Crippen molar-refractivity contribution in [2.45, 2.75) is 37.8 Å². The summed E-state index contributed by atoms with van der Waals surface area (Å²) >= 11 is 1.91. The Kier molecular flexibility index (Phi) is 6.72. The first-order chi connectivity index (χ1) is 7.59. The van der Waals surface area contributed by atoms with Crippen molar-refractivity contribution in [3.63, 3.8) is 0 Å². The molecule has 0 amide bonds. The molecule has 0 atom stereocenters. The molecular formula is C14H20AlI. The average Bonchev–Trinajstić information content (AvgIpc) is 2.19. The summed E-state index contributed by atoms with van der Waals surface area (Å²) in [6.07, 6.45) is 3.75. The molecule has 0 aliphatic heterocycles. The third-order valence-corrected chi connectivity index (χ3v) is 4.88. The van der Waals surface area contributed by atoms with E-state index in [0.717, 1.165) is 0 Å². The van der Waals surface area contributed by atoms with Crippen molar-refractivity contribution in [1.29, 1.82) is 0 Å². The average molecular weight is 342 g/mol. The van der Waals surface area contributed by atoms with Crippen molar-refractivity contribution < 1.29 is 0 Å². The summed E-state index contributed by atoms with van der Waals surface area (Å²) < 4.78 is 1.40. The van der Waals surface area contributed by atoms with Crippen LogP contribution in [0.25, 0.3) is 0 Å². The fraction of sp³-hybridized carbons (Fsp3) is 0.429. The minimum absolute atomic E-state index is 0.518. The lowest BCUT2D eigenvalue weighted by Gasteiger charge is -2.05. The second-order valence-electron chi connectivity index (χ2n) is 4.70. The van der Waals surface area contributed by atoms with Crippen molar-refractivity contribution in [3.05, 3.63) is 43.9 Å². The SMILES string of the molecule is C/C(=[CH]\[Al]([CH3])[CH3])CCCc1ccccc1I. The van der Waals surface area contributed by atoms with Gasteiger partial charge in [-0.2, -0.15) is 0 Å². The highest BCUT2D eigenvalue weighted by Gasteiger charge is 2.00. The molecule has 1 aromatic rings. The Hall–Kier alpha value is 0.222. The predicted octanol–water partition coefficient (Wildman–Crippen LogP) is 4.85. The maximum Gasteiger partial charge on any atom is 0.288 e. The van der Waals surface area contributed by atoms with E-state index in [-0.39, 0.29) is 0 Å². The lowest BCUT2D eigenvalue weighted by Crippen LogP contribution is -1.96. The number of halogens is 1. The second kappa shape index (κ2) is 7.53. The van der Waals surface area contributed by atoms with Gasteiger partial charge in [0.2, 0.25) is 0 Å². The van der Waals surface area contributed by atoms with E-state index in [0.29, 0.717) is 0 Å². The van der Waals surface area contributed by atoms with Crippen LogP contribution in [-0.2, 0) is 6.42 Å². The Morgan fingerprint density at radius 1 is 1.31 bits per heavy atom. The number of benzene rings is 1. The van der Waals surface area contributed by atoms with Crippen LogP contribution >= 0.6 is 22.6 Å². The highest BCUT2D eigenvalue weighted by molar-refractivity contribution is 14.1. The third kappa shape index (κ3) is 5.52. The van der Waals surface area contributed by atoms with Gasteiger partial charge in [-0.05, 0) is 60.4 Å². The predicted molar refractivity (Wildman–Crippen MR) is 83.3 cm³/mol. The molecular weight excluding hydrogens is 322 g/mol. The monoisotopic (exact) mass is 342 g/mol. The van der Waals surface area contributed by atoms with Crippen molar-refractivity contribution in [3.8, 4) is 0 Å².